The van der Waals surface area contributed by atoms with Crippen LogP contribution in [0.3, 0.4) is 0 Å². The summed E-state index contributed by atoms with van der Waals surface area (Å²) in [5.74, 6) is 0.322. The molecule has 1 amide bonds. The van der Waals surface area contributed by atoms with Crippen LogP contribution in [0.25, 0.3) is 10.9 Å². The largest absolute Gasteiger partial charge is 0.361 e. The quantitative estimate of drug-likeness (QED) is 0.565. The predicted octanol–water partition coefficient (Wildman–Crippen LogP) is 5.10. The van der Waals surface area contributed by atoms with E-state index in [4.69, 9.17) is 0 Å². The number of carbonyl (C=O) groups excluding carboxylic acids is 1. The lowest BCUT2D eigenvalue weighted by molar-refractivity contribution is -0.116. The Balaban J connectivity index is 1.80. The lowest BCUT2D eigenvalue weighted by Crippen LogP contribution is -2.39. The summed E-state index contributed by atoms with van der Waals surface area (Å²) < 4.78 is 29.5. The summed E-state index contributed by atoms with van der Waals surface area (Å²) in [5.41, 5.74) is 3.33. The topological polar surface area (TPSA) is 73.5 Å². The van der Waals surface area contributed by atoms with Gasteiger partial charge in [0.1, 0.15) is 0 Å². The minimum atomic E-state index is -3.81. The monoisotopic (exact) mass is 453 g/mol. The molecule has 0 saturated carbocycles. The molecule has 170 valence electrons. The highest BCUT2D eigenvalue weighted by Gasteiger charge is 2.34. The number of rotatable bonds is 6. The summed E-state index contributed by atoms with van der Waals surface area (Å²) in [6.07, 6.45) is 3.24. The molecule has 0 saturated heterocycles. The zero-order chi connectivity index (χ0) is 23.2. The third-order valence-corrected chi connectivity index (χ3v) is 8.11. The number of hydrogen-bond donors (Lipinski definition) is 1. The lowest BCUT2D eigenvalue weighted by Gasteiger charge is -2.32. The summed E-state index contributed by atoms with van der Waals surface area (Å²) in [5, 5.41) is 0.972. The molecule has 1 aliphatic rings. The van der Waals surface area contributed by atoms with E-state index in [1.54, 1.807) is 34.3 Å². The SMILES string of the molecule is CC(=O)N1c2ccc(S(=O)(=O)N(c3ccc4[nH]ccc4c3)[C@@H](C)CC(C)C)cc2C[C@H]1C. The summed E-state index contributed by atoms with van der Waals surface area (Å²) in [6.45, 7) is 9.70. The smallest absolute Gasteiger partial charge is 0.264 e. The number of nitrogens with one attached hydrogen (secondary N) is 1. The zero-order valence-corrected chi connectivity index (χ0v) is 20.1. The van der Waals surface area contributed by atoms with Crippen molar-refractivity contribution < 1.29 is 13.2 Å². The third kappa shape index (κ3) is 3.90. The number of benzene rings is 2. The van der Waals surface area contributed by atoms with Crippen LogP contribution in [0.5, 0.6) is 0 Å². The van der Waals surface area contributed by atoms with Crippen LogP contribution in [-0.2, 0) is 21.2 Å². The van der Waals surface area contributed by atoms with Gasteiger partial charge in [0.2, 0.25) is 5.91 Å². The van der Waals surface area contributed by atoms with E-state index in [1.165, 1.54) is 0 Å². The van der Waals surface area contributed by atoms with Crippen LogP contribution in [0.1, 0.15) is 46.6 Å². The average molecular weight is 454 g/mol. The second kappa shape index (κ2) is 8.28. The molecule has 0 bridgehead atoms. The highest BCUT2D eigenvalue weighted by atomic mass is 32.2. The first-order valence-electron chi connectivity index (χ1n) is 11.1. The first-order chi connectivity index (χ1) is 15.1. The zero-order valence-electron chi connectivity index (χ0n) is 19.3. The van der Waals surface area contributed by atoms with Crippen LogP contribution in [0.2, 0.25) is 0 Å². The van der Waals surface area contributed by atoms with Gasteiger partial charge in [-0.1, -0.05) is 13.8 Å². The van der Waals surface area contributed by atoms with Gasteiger partial charge in [0.25, 0.3) is 10.0 Å². The molecule has 0 unspecified atom stereocenters. The first kappa shape index (κ1) is 22.4. The summed E-state index contributed by atoms with van der Waals surface area (Å²) in [7, 11) is -3.81. The fraction of sp³-hybridized carbons (Fsp3) is 0.400. The van der Waals surface area contributed by atoms with Crippen LogP contribution in [0, 0.1) is 5.92 Å². The van der Waals surface area contributed by atoms with Crippen molar-refractivity contribution in [1.29, 1.82) is 0 Å². The fourth-order valence-electron chi connectivity index (χ4n) is 4.95. The molecule has 7 heteroatoms. The van der Waals surface area contributed by atoms with Crippen LogP contribution in [0.4, 0.5) is 11.4 Å². The Morgan fingerprint density at radius 3 is 2.59 bits per heavy atom. The highest BCUT2D eigenvalue weighted by molar-refractivity contribution is 7.92. The summed E-state index contributed by atoms with van der Waals surface area (Å²) in [4.78, 5) is 17.2. The van der Waals surface area contributed by atoms with E-state index in [0.717, 1.165) is 28.6 Å². The Morgan fingerprint density at radius 2 is 1.91 bits per heavy atom. The van der Waals surface area contributed by atoms with Crippen LogP contribution >= 0.6 is 0 Å². The van der Waals surface area contributed by atoms with E-state index in [0.29, 0.717) is 18.0 Å². The number of carbonyl (C=O) groups is 1. The van der Waals surface area contributed by atoms with Gasteiger partial charge in [0.05, 0.1) is 10.6 Å². The number of hydrogen-bond acceptors (Lipinski definition) is 3. The molecular formula is C25H31N3O3S. The van der Waals surface area contributed by atoms with E-state index in [9.17, 15) is 13.2 Å². The van der Waals surface area contributed by atoms with E-state index in [2.05, 4.69) is 18.8 Å². The molecule has 3 aromatic rings. The molecule has 0 aliphatic carbocycles. The van der Waals surface area contributed by atoms with Crippen LogP contribution in [-0.4, -0.2) is 31.4 Å². The molecule has 1 N–H and O–H groups in total. The Kier molecular flexibility index (Phi) is 5.79. The van der Waals surface area contributed by atoms with Crippen molar-refractivity contribution in [3.63, 3.8) is 0 Å². The Labute approximate surface area is 190 Å². The molecule has 1 aromatic heterocycles. The standard InChI is InChI=1S/C25H31N3O3S/c1-16(2)12-18(4)28(22-6-8-24-20(14-22)10-11-26-24)32(30,31)23-7-9-25-21(15-23)13-17(3)27(25)19(5)29/h6-11,14-18,26H,12-13H2,1-5H3/t17-,18+/m1/s1. The number of aromatic amines is 1. The second-order valence-corrected chi connectivity index (χ2v) is 11.1. The Hall–Kier alpha value is -2.80. The minimum absolute atomic E-state index is 0.0208. The van der Waals surface area contributed by atoms with Gasteiger partial charge in [-0.05, 0) is 80.6 Å². The number of anilines is 2. The van der Waals surface area contributed by atoms with Crippen LogP contribution < -0.4 is 9.21 Å². The van der Waals surface area contributed by atoms with Crippen molar-refractivity contribution in [3.05, 3.63) is 54.2 Å². The van der Waals surface area contributed by atoms with Crippen molar-refractivity contribution in [2.45, 2.75) is 64.4 Å². The molecule has 0 spiro atoms. The molecule has 6 nitrogen and oxygen atoms in total. The Bertz CT molecular complexity index is 1260. The molecule has 4 rings (SSSR count). The number of aromatic nitrogens is 1. The molecule has 1 aliphatic heterocycles. The van der Waals surface area contributed by atoms with Crippen LogP contribution in [0.15, 0.2) is 53.6 Å². The Morgan fingerprint density at radius 1 is 1.16 bits per heavy atom. The van der Waals surface area contributed by atoms with Gasteiger partial charge in [0, 0.05) is 41.8 Å². The number of fused-ring (bicyclic) bond motifs is 2. The molecule has 2 aromatic carbocycles. The molecule has 2 atom stereocenters. The van der Waals surface area contributed by atoms with Gasteiger partial charge < -0.3 is 9.88 Å². The average Bonchev–Trinajstić information content (AvgIpc) is 3.29. The van der Waals surface area contributed by atoms with E-state index >= 15 is 0 Å². The first-order valence-corrected chi connectivity index (χ1v) is 12.6. The summed E-state index contributed by atoms with van der Waals surface area (Å²) >= 11 is 0. The van der Waals surface area contributed by atoms with Crippen molar-refractivity contribution >= 4 is 38.2 Å². The van der Waals surface area contributed by atoms with Crippen molar-refractivity contribution in [3.8, 4) is 0 Å². The maximum absolute atomic E-state index is 14.0. The second-order valence-electron chi connectivity index (χ2n) is 9.26. The highest BCUT2D eigenvalue weighted by Crippen LogP contribution is 2.36. The molecule has 2 heterocycles. The van der Waals surface area contributed by atoms with Crippen molar-refractivity contribution in [2.75, 3.05) is 9.21 Å². The number of sulfonamides is 1. The number of nitrogens with zero attached hydrogens (tertiary/aromatic N) is 2. The predicted molar refractivity (Wildman–Crippen MR) is 130 cm³/mol. The van der Waals surface area contributed by atoms with E-state index in [-0.39, 0.29) is 22.9 Å². The normalized spacial score (nSPS) is 17.1. The van der Waals surface area contributed by atoms with Gasteiger partial charge in [-0.15, -0.1) is 0 Å². The minimum Gasteiger partial charge on any atom is -0.361 e. The molecular weight excluding hydrogens is 422 g/mol. The maximum atomic E-state index is 14.0. The fourth-order valence-corrected chi connectivity index (χ4v) is 6.66. The van der Waals surface area contributed by atoms with Gasteiger partial charge >= 0.3 is 0 Å². The summed E-state index contributed by atoms with van der Waals surface area (Å²) in [6, 6.07) is 12.6. The number of amides is 1. The van der Waals surface area contributed by atoms with Gasteiger partial charge in [-0.25, -0.2) is 8.42 Å². The van der Waals surface area contributed by atoms with Gasteiger partial charge in [0.15, 0.2) is 0 Å². The van der Waals surface area contributed by atoms with E-state index < -0.39 is 10.0 Å². The molecule has 32 heavy (non-hydrogen) atoms. The third-order valence-electron chi connectivity index (χ3n) is 6.17. The molecule has 0 fully saturated rings. The van der Waals surface area contributed by atoms with Crippen molar-refractivity contribution in [1.82, 2.24) is 4.98 Å². The molecule has 0 radical (unpaired) electrons. The maximum Gasteiger partial charge on any atom is 0.264 e. The van der Waals surface area contributed by atoms with Gasteiger partial charge in [-0.2, -0.15) is 0 Å². The lowest BCUT2D eigenvalue weighted by atomic mass is 10.0. The van der Waals surface area contributed by atoms with Gasteiger partial charge in [-0.3, -0.25) is 9.10 Å². The van der Waals surface area contributed by atoms with E-state index in [1.807, 2.05) is 44.3 Å². The number of H-pyrrole nitrogens is 1. The van der Waals surface area contributed by atoms with Crippen molar-refractivity contribution in [2.24, 2.45) is 5.92 Å².